The molecule has 7 nitrogen and oxygen atoms in total. The summed E-state index contributed by atoms with van der Waals surface area (Å²) in [6, 6.07) is 15.7. The number of methoxy groups -OCH3 is 1. The number of rotatable bonds is 4. The maximum atomic E-state index is 13.2. The summed E-state index contributed by atoms with van der Waals surface area (Å²) in [6.07, 6.45) is 1.54. The maximum absolute atomic E-state index is 13.2. The molecule has 0 unspecified atom stereocenters. The lowest BCUT2D eigenvalue weighted by atomic mass is 10.1. The smallest absolute Gasteiger partial charge is 0.335 e. The molecule has 7 heteroatoms. The average Bonchev–Trinajstić information content (AvgIpc) is 3.05. The molecule has 2 aromatic carbocycles. The van der Waals surface area contributed by atoms with E-state index in [1.54, 1.807) is 24.3 Å². The van der Waals surface area contributed by atoms with E-state index in [1.807, 2.05) is 51.1 Å². The molecule has 162 valence electrons. The van der Waals surface area contributed by atoms with E-state index in [1.165, 1.54) is 13.2 Å². The van der Waals surface area contributed by atoms with E-state index in [0.29, 0.717) is 11.4 Å². The summed E-state index contributed by atoms with van der Waals surface area (Å²) in [6.45, 7) is 5.92. The molecular formula is C25H23N3O4. The van der Waals surface area contributed by atoms with Crippen LogP contribution in [0.1, 0.15) is 22.5 Å². The molecule has 0 radical (unpaired) electrons. The molecule has 1 fully saturated rings. The van der Waals surface area contributed by atoms with Crippen molar-refractivity contribution in [3.63, 3.8) is 0 Å². The summed E-state index contributed by atoms with van der Waals surface area (Å²) in [4.78, 5) is 39.1. The minimum Gasteiger partial charge on any atom is -0.497 e. The Morgan fingerprint density at radius 2 is 1.50 bits per heavy atom. The fraction of sp³-hybridized carbons (Fsp3) is 0.160. The second kappa shape index (κ2) is 8.19. The first-order chi connectivity index (χ1) is 15.3. The number of nitrogens with zero attached hydrogens (tertiary/aromatic N) is 2. The zero-order chi connectivity index (χ0) is 23.0. The van der Waals surface area contributed by atoms with Gasteiger partial charge in [0.25, 0.3) is 11.8 Å². The van der Waals surface area contributed by atoms with Crippen molar-refractivity contribution < 1.29 is 19.1 Å². The molecule has 1 aromatic heterocycles. The number of urea groups is 1. The second-order valence-electron chi connectivity index (χ2n) is 7.65. The molecule has 0 bridgehead atoms. The SMILES string of the molecule is COc1ccc(N2C(=O)NC(=O)/C(=C/c3cc(C)n(-c4ccc(C)cc4)c3C)C2=O)cc1. The molecule has 4 amide bonds. The maximum Gasteiger partial charge on any atom is 0.335 e. The van der Waals surface area contributed by atoms with Gasteiger partial charge in [0, 0.05) is 17.1 Å². The molecule has 3 aromatic rings. The summed E-state index contributed by atoms with van der Waals surface area (Å²) in [5.74, 6) is -0.803. The number of hydrogen-bond acceptors (Lipinski definition) is 4. The van der Waals surface area contributed by atoms with Crippen LogP contribution in [-0.2, 0) is 9.59 Å². The Morgan fingerprint density at radius 1 is 0.875 bits per heavy atom. The van der Waals surface area contributed by atoms with Crippen LogP contribution in [0.15, 0.2) is 60.2 Å². The number of carbonyl (C=O) groups excluding carboxylic acids is 3. The standard InChI is InChI=1S/C25H23N3O4/c1-15-5-7-19(8-6-15)27-16(2)13-18(17(27)3)14-22-23(29)26-25(31)28(24(22)30)20-9-11-21(32-4)12-10-20/h5-14H,1-4H3,(H,26,29,31)/b22-14-. The highest BCUT2D eigenvalue weighted by Gasteiger charge is 2.37. The molecule has 1 aliphatic heterocycles. The third-order valence-corrected chi connectivity index (χ3v) is 5.49. The molecule has 32 heavy (non-hydrogen) atoms. The van der Waals surface area contributed by atoms with Gasteiger partial charge in [0.2, 0.25) is 0 Å². The van der Waals surface area contributed by atoms with Crippen LogP contribution in [0.25, 0.3) is 11.8 Å². The van der Waals surface area contributed by atoms with Crippen LogP contribution in [0.5, 0.6) is 5.75 Å². The van der Waals surface area contributed by atoms with Gasteiger partial charge in [-0.1, -0.05) is 17.7 Å². The number of benzene rings is 2. The van der Waals surface area contributed by atoms with Gasteiger partial charge in [-0.25, -0.2) is 9.69 Å². The highest BCUT2D eigenvalue weighted by atomic mass is 16.5. The molecular weight excluding hydrogens is 406 g/mol. The first kappa shape index (κ1) is 21.1. The average molecular weight is 429 g/mol. The first-order valence-corrected chi connectivity index (χ1v) is 10.1. The van der Waals surface area contributed by atoms with Crippen molar-refractivity contribution in [2.45, 2.75) is 20.8 Å². The first-order valence-electron chi connectivity index (χ1n) is 10.1. The summed E-state index contributed by atoms with van der Waals surface area (Å²) in [5.41, 5.74) is 4.96. The lowest BCUT2D eigenvalue weighted by molar-refractivity contribution is -0.122. The minimum absolute atomic E-state index is 0.107. The molecule has 1 N–H and O–H groups in total. The van der Waals surface area contributed by atoms with Crippen LogP contribution in [0.3, 0.4) is 0 Å². The summed E-state index contributed by atoms with van der Waals surface area (Å²) in [7, 11) is 1.53. The zero-order valence-electron chi connectivity index (χ0n) is 18.3. The Kier molecular flexibility index (Phi) is 5.40. The van der Waals surface area contributed by atoms with Gasteiger partial charge < -0.3 is 9.30 Å². The third kappa shape index (κ3) is 3.69. The van der Waals surface area contributed by atoms with Crippen molar-refractivity contribution in [3.8, 4) is 11.4 Å². The van der Waals surface area contributed by atoms with Crippen molar-refractivity contribution in [1.29, 1.82) is 0 Å². The van der Waals surface area contributed by atoms with E-state index in [4.69, 9.17) is 4.74 Å². The van der Waals surface area contributed by atoms with Crippen LogP contribution in [0.4, 0.5) is 10.5 Å². The Hall–Kier alpha value is -4.13. The van der Waals surface area contributed by atoms with Gasteiger partial charge in [-0.2, -0.15) is 0 Å². The summed E-state index contributed by atoms with van der Waals surface area (Å²) in [5, 5.41) is 2.26. The number of nitrogens with one attached hydrogen (secondary N) is 1. The Morgan fingerprint density at radius 3 is 2.12 bits per heavy atom. The van der Waals surface area contributed by atoms with Crippen molar-refractivity contribution >= 4 is 29.6 Å². The number of barbiturate groups is 1. The number of imide groups is 2. The Bertz CT molecular complexity index is 1250. The second-order valence-corrected chi connectivity index (χ2v) is 7.65. The Labute approximate surface area is 185 Å². The molecule has 0 saturated carbocycles. The molecule has 2 heterocycles. The summed E-state index contributed by atoms with van der Waals surface area (Å²) < 4.78 is 7.18. The monoisotopic (exact) mass is 429 g/mol. The van der Waals surface area contributed by atoms with E-state index in [-0.39, 0.29) is 5.57 Å². The third-order valence-electron chi connectivity index (χ3n) is 5.49. The molecule has 0 atom stereocenters. The molecule has 1 aliphatic rings. The van der Waals surface area contributed by atoms with Crippen molar-refractivity contribution in [1.82, 2.24) is 9.88 Å². The lowest BCUT2D eigenvalue weighted by Crippen LogP contribution is -2.54. The van der Waals surface area contributed by atoms with E-state index in [2.05, 4.69) is 9.88 Å². The highest BCUT2D eigenvalue weighted by molar-refractivity contribution is 6.39. The van der Waals surface area contributed by atoms with Crippen LogP contribution in [-0.4, -0.2) is 29.5 Å². The lowest BCUT2D eigenvalue weighted by Gasteiger charge is -2.26. The van der Waals surface area contributed by atoms with Gasteiger partial charge in [-0.05, 0) is 74.9 Å². The van der Waals surface area contributed by atoms with Crippen molar-refractivity contribution in [2.24, 2.45) is 0 Å². The number of aryl methyl sites for hydroxylation is 2. The number of carbonyl (C=O) groups is 3. The molecule has 4 rings (SSSR count). The number of amides is 4. The predicted molar refractivity (Wildman–Crippen MR) is 122 cm³/mol. The van der Waals surface area contributed by atoms with Crippen LogP contribution < -0.4 is 15.0 Å². The number of hydrogen-bond donors (Lipinski definition) is 1. The predicted octanol–water partition coefficient (Wildman–Crippen LogP) is 4.08. The summed E-state index contributed by atoms with van der Waals surface area (Å²) >= 11 is 0. The van der Waals surface area contributed by atoms with E-state index < -0.39 is 17.8 Å². The van der Waals surface area contributed by atoms with Gasteiger partial charge in [-0.3, -0.25) is 14.9 Å². The van der Waals surface area contributed by atoms with Crippen LogP contribution in [0.2, 0.25) is 0 Å². The molecule has 0 spiro atoms. The van der Waals surface area contributed by atoms with Crippen molar-refractivity contribution in [2.75, 3.05) is 12.0 Å². The number of anilines is 1. The van der Waals surface area contributed by atoms with Gasteiger partial charge >= 0.3 is 6.03 Å². The Balaban J connectivity index is 1.73. The zero-order valence-corrected chi connectivity index (χ0v) is 18.3. The molecule has 0 aliphatic carbocycles. The fourth-order valence-electron chi connectivity index (χ4n) is 3.80. The minimum atomic E-state index is -0.785. The quantitative estimate of drug-likeness (QED) is 0.501. The number of aromatic nitrogens is 1. The van der Waals surface area contributed by atoms with Crippen LogP contribution >= 0.6 is 0 Å². The van der Waals surface area contributed by atoms with Gasteiger partial charge in [0.05, 0.1) is 12.8 Å². The molecule has 1 saturated heterocycles. The van der Waals surface area contributed by atoms with E-state index in [9.17, 15) is 14.4 Å². The highest BCUT2D eigenvalue weighted by Crippen LogP contribution is 2.27. The number of ether oxygens (including phenoxy) is 1. The largest absolute Gasteiger partial charge is 0.497 e. The van der Waals surface area contributed by atoms with Gasteiger partial charge in [-0.15, -0.1) is 0 Å². The van der Waals surface area contributed by atoms with Crippen molar-refractivity contribution in [3.05, 3.63) is 82.7 Å². The van der Waals surface area contributed by atoms with E-state index in [0.717, 1.165) is 33.1 Å². The normalized spacial score (nSPS) is 15.3. The van der Waals surface area contributed by atoms with Gasteiger partial charge in [0.1, 0.15) is 11.3 Å². The topological polar surface area (TPSA) is 80.6 Å². The fourth-order valence-corrected chi connectivity index (χ4v) is 3.80. The van der Waals surface area contributed by atoms with Gasteiger partial charge in [0.15, 0.2) is 0 Å². The van der Waals surface area contributed by atoms with E-state index >= 15 is 0 Å². The van der Waals surface area contributed by atoms with Crippen LogP contribution in [0, 0.1) is 20.8 Å².